The van der Waals surface area contributed by atoms with Crippen LogP contribution in [0.15, 0.2) is 30.3 Å². The molecule has 3 nitrogen and oxygen atoms in total. The Kier molecular flexibility index (Phi) is 3.12. The van der Waals surface area contributed by atoms with E-state index in [4.69, 9.17) is 0 Å². The number of hydrogen-bond acceptors (Lipinski definition) is 2. The Morgan fingerprint density at radius 1 is 1.14 bits per heavy atom. The first-order chi connectivity index (χ1) is 6.46. The zero-order valence-electron chi connectivity index (χ0n) is 6.77. The van der Waals surface area contributed by atoms with Gasteiger partial charge >= 0.3 is 10.0 Å². The highest BCUT2D eigenvalue weighted by atomic mass is 32.2. The van der Waals surface area contributed by atoms with E-state index in [0.29, 0.717) is 0 Å². The zero-order valence-corrected chi connectivity index (χ0v) is 7.59. The monoisotopic (exact) mass is 225 g/mol. The maximum Gasteiger partial charge on any atom is 0.304 e. The van der Waals surface area contributed by atoms with E-state index in [1.165, 1.54) is 18.2 Å². The molecule has 1 rings (SSSR count). The molecule has 78 valence electrons. The first-order valence-corrected chi connectivity index (χ1v) is 5.01. The standard InChI is InChI=1S/C7H6F3NO2S/c8-7(14(12,13)11(9)10)6-4-2-1-3-5-6/h1-5,7H. The molecule has 14 heavy (non-hydrogen) atoms. The van der Waals surface area contributed by atoms with Crippen LogP contribution in [0.25, 0.3) is 0 Å². The van der Waals surface area contributed by atoms with Gasteiger partial charge in [0.2, 0.25) is 5.50 Å². The molecule has 0 aromatic heterocycles. The van der Waals surface area contributed by atoms with Gasteiger partial charge in [-0.1, -0.05) is 39.3 Å². The summed E-state index contributed by atoms with van der Waals surface area (Å²) < 4.78 is 55.7. The molecule has 0 aliphatic heterocycles. The second-order valence-electron chi connectivity index (χ2n) is 2.44. The quantitative estimate of drug-likeness (QED) is 0.738. The smallest absolute Gasteiger partial charge is 0.223 e. The third kappa shape index (κ3) is 2.05. The predicted molar refractivity (Wildman–Crippen MR) is 43.3 cm³/mol. The molecule has 0 spiro atoms. The van der Waals surface area contributed by atoms with Crippen LogP contribution < -0.4 is 0 Å². The fraction of sp³-hybridized carbons (Fsp3) is 0.143. The van der Waals surface area contributed by atoms with E-state index in [2.05, 4.69) is 0 Å². The van der Waals surface area contributed by atoms with E-state index in [0.717, 1.165) is 12.1 Å². The van der Waals surface area contributed by atoms with Crippen molar-refractivity contribution in [3.63, 3.8) is 0 Å². The summed E-state index contributed by atoms with van der Waals surface area (Å²) in [7, 11) is -5.20. The van der Waals surface area contributed by atoms with Crippen LogP contribution in [0, 0.1) is 0 Å². The van der Waals surface area contributed by atoms with Gasteiger partial charge in [0.05, 0.1) is 0 Å². The number of nitrogens with zero attached hydrogens (tertiary/aromatic N) is 1. The lowest BCUT2D eigenvalue weighted by atomic mass is 10.2. The lowest BCUT2D eigenvalue weighted by Gasteiger charge is -2.08. The Labute approximate surface area is 78.7 Å². The number of hydrogen-bond donors (Lipinski definition) is 0. The minimum absolute atomic E-state index is 0.326. The Morgan fingerprint density at radius 3 is 2.07 bits per heavy atom. The Balaban J connectivity index is 3.03. The Morgan fingerprint density at radius 2 is 1.64 bits per heavy atom. The third-order valence-corrected chi connectivity index (χ3v) is 2.70. The van der Waals surface area contributed by atoms with E-state index >= 15 is 0 Å². The number of benzene rings is 1. The van der Waals surface area contributed by atoms with Gasteiger partial charge in [0.25, 0.3) is 0 Å². The van der Waals surface area contributed by atoms with Crippen molar-refractivity contribution in [2.24, 2.45) is 0 Å². The molecule has 0 heterocycles. The van der Waals surface area contributed by atoms with Crippen molar-refractivity contribution >= 4 is 10.0 Å². The molecule has 0 radical (unpaired) electrons. The van der Waals surface area contributed by atoms with Crippen LogP contribution in [0.5, 0.6) is 0 Å². The van der Waals surface area contributed by atoms with Crippen LogP contribution in [0.1, 0.15) is 11.1 Å². The van der Waals surface area contributed by atoms with Gasteiger partial charge in [0.1, 0.15) is 4.75 Å². The highest BCUT2D eigenvalue weighted by Crippen LogP contribution is 2.26. The molecule has 1 atom stereocenters. The van der Waals surface area contributed by atoms with Crippen LogP contribution in [0.2, 0.25) is 0 Å². The minimum atomic E-state index is -5.20. The van der Waals surface area contributed by atoms with Crippen molar-refractivity contribution < 1.29 is 21.8 Å². The van der Waals surface area contributed by atoms with E-state index in [9.17, 15) is 21.8 Å². The summed E-state index contributed by atoms with van der Waals surface area (Å²) in [4.78, 5) is 0. The van der Waals surface area contributed by atoms with Crippen molar-refractivity contribution in [2.45, 2.75) is 5.50 Å². The maximum absolute atomic E-state index is 13.1. The van der Waals surface area contributed by atoms with Gasteiger partial charge in [-0.25, -0.2) is 12.8 Å². The number of sulfonamides is 1. The molecule has 1 unspecified atom stereocenters. The Hall–Kier alpha value is -1.08. The highest BCUT2D eigenvalue weighted by molar-refractivity contribution is 7.88. The summed E-state index contributed by atoms with van der Waals surface area (Å²) in [6, 6.07) is 6.47. The minimum Gasteiger partial charge on any atom is -0.223 e. The van der Waals surface area contributed by atoms with E-state index in [-0.39, 0.29) is 5.56 Å². The van der Waals surface area contributed by atoms with Gasteiger partial charge in [-0.3, -0.25) is 0 Å². The second kappa shape index (κ2) is 3.97. The molecule has 0 aliphatic rings. The number of halogens is 3. The average molecular weight is 225 g/mol. The summed E-state index contributed by atoms with van der Waals surface area (Å²) in [5, 5.41) is 0. The summed E-state index contributed by atoms with van der Waals surface area (Å²) in [5.74, 6) is 0. The van der Waals surface area contributed by atoms with Gasteiger partial charge in [-0.2, -0.15) is 0 Å². The maximum atomic E-state index is 13.1. The van der Waals surface area contributed by atoms with E-state index in [1.54, 1.807) is 0 Å². The molecule has 0 aliphatic carbocycles. The third-order valence-electron chi connectivity index (χ3n) is 1.52. The van der Waals surface area contributed by atoms with Crippen molar-refractivity contribution in [1.82, 2.24) is 4.75 Å². The topological polar surface area (TPSA) is 37.4 Å². The molecular weight excluding hydrogens is 219 g/mol. The number of rotatable bonds is 3. The van der Waals surface area contributed by atoms with Gasteiger partial charge in [0, 0.05) is 5.56 Å². The van der Waals surface area contributed by atoms with Crippen LogP contribution in [0.3, 0.4) is 0 Å². The molecule has 7 heteroatoms. The summed E-state index contributed by atoms with van der Waals surface area (Å²) in [6.07, 6.45) is 0. The van der Waals surface area contributed by atoms with Gasteiger partial charge in [-0.15, -0.1) is 0 Å². The van der Waals surface area contributed by atoms with Crippen LogP contribution in [-0.2, 0) is 10.0 Å². The highest BCUT2D eigenvalue weighted by Gasteiger charge is 2.34. The first kappa shape index (κ1) is 11.0. The molecule has 1 aromatic carbocycles. The summed E-state index contributed by atoms with van der Waals surface area (Å²) in [5.41, 5.74) is -3.06. The molecule has 0 bridgehead atoms. The molecule has 0 amide bonds. The van der Waals surface area contributed by atoms with Crippen molar-refractivity contribution in [1.29, 1.82) is 0 Å². The fourth-order valence-corrected chi connectivity index (χ4v) is 1.49. The van der Waals surface area contributed by atoms with Crippen molar-refractivity contribution in [3.05, 3.63) is 35.9 Å². The van der Waals surface area contributed by atoms with Crippen LogP contribution in [-0.4, -0.2) is 13.2 Å². The average Bonchev–Trinajstić information content (AvgIpc) is 2.17. The number of alkyl halides is 1. The normalized spacial score (nSPS) is 14.3. The predicted octanol–water partition coefficient (Wildman–Crippen LogP) is 2.06. The fourth-order valence-electron chi connectivity index (χ4n) is 0.846. The molecule has 0 fully saturated rings. The van der Waals surface area contributed by atoms with E-state index < -0.39 is 20.3 Å². The summed E-state index contributed by atoms with van der Waals surface area (Å²) >= 11 is 0. The summed E-state index contributed by atoms with van der Waals surface area (Å²) in [6.45, 7) is 0. The molecule has 1 aromatic rings. The van der Waals surface area contributed by atoms with Crippen LogP contribution >= 0.6 is 0 Å². The van der Waals surface area contributed by atoms with Gasteiger partial charge in [-0.05, 0) is 0 Å². The van der Waals surface area contributed by atoms with Crippen molar-refractivity contribution in [2.75, 3.05) is 0 Å². The molecule has 0 saturated carbocycles. The molecule has 0 saturated heterocycles. The van der Waals surface area contributed by atoms with E-state index in [1.807, 2.05) is 0 Å². The lowest BCUT2D eigenvalue weighted by Crippen LogP contribution is -2.19. The first-order valence-electron chi connectivity index (χ1n) is 3.51. The lowest BCUT2D eigenvalue weighted by molar-refractivity contribution is -0.0568. The van der Waals surface area contributed by atoms with Crippen LogP contribution in [0.4, 0.5) is 13.4 Å². The van der Waals surface area contributed by atoms with Crippen molar-refractivity contribution in [3.8, 4) is 0 Å². The molecular formula is C7H6F3NO2S. The SMILES string of the molecule is O=S(=O)(C(F)c1ccccc1)N(F)F. The van der Waals surface area contributed by atoms with Gasteiger partial charge < -0.3 is 0 Å². The largest absolute Gasteiger partial charge is 0.304 e. The second-order valence-corrected chi connectivity index (χ2v) is 4.16. The zero-order chi connectivity index (χ0) is 10.8. The van der Waals surface area contributed by atoms with Gasteiger partial charge in [0.15, 0.2) is 0 Å². The Bertz CT molecular complexity index is 393. The molecule has 0 N–H and O–H groups in total.